The zero-order valence-electron chi connectivity index (χ0n) is 54.9. The van der Waals surface area contributed by atoms with Crippen molar-refractivity contribution in [2.24, 2.45) is 51.1 Å². The number of nitrogens with zero attached hydrogens (tertiary/aromatic N) is 4. The highest BCUT2D eigenvalue weighted by Crippen LogP contribution is 2.74. The van der Waals surface area contributed by atoms with Gasteiger partial charge in [0.15, 0.2) is 21.9 Å². The molecule has 1 unspecified atom stereocenters. The number of nitrogens with two attached hydrogens (primary N) is 1. The molecule has 5 heterocycles. The Morgan fingerprint density at radius 2 is 1.04 bits per heavy atom. The number of hydrogen-bond donors (Lipinski definition) is 4. The largest absolute Gasteiger partial charge is 0.481 e. The van der Waals surface area contributed by atoms with E-state index in [4.69, 9.17) is 56.9 Å². The molecule has 12 rings (SSSR count). The van der Waals surface area contributed by atoms with E-state index in [1.54, 1.807) is 41.3 Å². The Hall–Kier alpha value is -5.30. The molecule has 8 atom stereocenters. The molecule has 15 nitrogen and oxygen atoms in total. The maximum Gasteiger partial charge on any atom is 0.307 e. The van der Waals surface area contributed by atoms with Crippen molar-refractivity contribution >= 4 is 93.2 Å². The van der Waals surface area contributed by atoms with Crippen LogP contribution >= 0.6 is 46.4 Å². The van der Waals surface area contributed by atoms with E-state index in [0.29, 0.717) is 90.7 Å². The van der Waals surface area contributed by atoms with E-state index in [1.165, 1.54) is 18.5 Å². The number of benzene rings is 2. The Morgan fingerprint density at radius 1 is 0.613 bits per heavy atom. The average molecular weight is 1360 g/mol. The molecule has 3 aliphatic heterocycles. The highest BCUT2D eigenvalue weighted by molar-refractivity contribution is 6.32. The maximum absolute atomic E-state index is 16.2. The van der Waals surface area contributed by atoms with Crippen molar-refractivity contribution < 1.29 is 47.4 Å². The van der Waals surface area contributed by atoms with Gasteiger partial charge in [-0.2, -0.15) is 0 Å². The third-order valence-corrected chi connectivity index (χ3v) is 24.3. The molecule has 2 aromatic heterocycles. The van der Waals surface area contributed by atoms with Crippen LogP contribution in [0.3, 0.4) is 0 Å². The zero-order chi connectivity index (χ0) is 67.3. The standard InChI is InChI=1S/C36H44Cl2FN3O4.C25H25Cl2FN2O3.C11H22N2O/c1-5-42(6-2)32(44)28-10-7-21(20-46-28)17-27(43)24-19-35(14-12-34(3,4)13-15-35)36(29(24)23-11-16-40-31(38)30(23)39)25-9-8-22(37)18-26(25)41-33(36)45;1-23(2)6-8-24(9-7-23)12-15(21(31)32)18(14-5-10-29-20(27)19(14)28)25(24)16-4-3-13(26)11-17(16)30-22(25)33;1-3-13(4-2)11(14)9-5-7-10(12)8-6-9/h8-9,11,16,18,21,24,28-29H,5-7,10,12-15,17,19-20H2,1-4H3,(H,41,45);3-5,10-11,15,18H,6-9,12H2,1-2H3,(H,30,33)(H,31,32);9-10H,3-8,12H2,1-2H3/t21-,24-,28-,29-,36+;15-,18+,25?;/m01./s1. The van der Waals surface area contributed by atoms with Gasteiger partial charge >= 0.3 is 5.97 Å². The number of ether oxygens (including phenoxy) is 1. The molecule has 8 aliphatic rings. The van der Waals surface area contributed by atoms with Crippen LogP contribution in [0.2, 0.25) is 20.4 Å². The second-order valence-corrected chi connectivity index (χ2v) is 30.9. The fourth-order valence-corrected chi connectivity index (χ4v) is 18.9. The molecule has 0 bridgehead atoms. The second-order valence-electron chi connectivity index (χ2n) is 29.3. The number of carboxylic acids is 1. The van der Waals surface area contributed by atoms with E-state index in [9.17, 15) is 33.9 Å². The Kier molecular flexibility index (Phi) is 21.0. The van der Waals surface area contributed by atoms with Gasteiger partial charge in [0, 0.05) is 96.1 Å². The number of carbonyl (C=O) groups is 6. The van der Waals surface area contributed by atoms with Crippen LogP contribution in [0.4, 0.5) is 20.2 Å². The molecule has 6 fully saturated rings. The fourth-order valence-electron chi connectivity index (χ4n) is 18.2. The van der Waals surface area contributed by atoms with Gasteiger partial charge in [-0.1, -0.05) is 86.2 Å². The molecule has 93 heavy (non-hydrogen) atoms. The number of anilines is 2. The molecule has 2 aromatic carbocycles. The summed E-state index contributed by atoms with van der Waals surface area (Å²) >= 11 is 25.0. The first-order valence-corrected chi connectivity index (χ1v) is 35.1. The summed E-state index contributed by atoms with van der Waals surface area (Å²) in [6.07, 6.45) is 14.8. The summed E-state index contributed by atoms with van der Waals surface area (Å²) in [5.41, 5.74) is 5.35. The third kappa shape index (κ3) is 12.8. The van der Waals surface area contributed by atoms with Gasteiger partial charge in [-0.25, -0.2) is 18.7 Å². The van der Waals surface area contributed by atoms with Crippen LogP contribution in [-0.4, -0.2) is 105 Å². The van der Waals surface area contributed by atoms with Crippen molar-refractivity contribution in [1.29, 1.82) is 0 Å². The average Bonchev–Trinajstić information content (AvgIpc) is 1.52. The Bertz CT molecular complexity index is 3490. The molecule has 5 saturated carbocycles. The molecule has 5 N–H and O–H groups in total. The normalized spacial score (nSPS) is 29.1. The number of carboxylic acid groups (broad SMARTS) is 1. The first-order chi connectivity index (χ1) is 44.1. The lowest BCUT2D eigenvalue weighted by molar-refractivity contribution is -0.149. The first kappa shape index (κ1) is 70.5. The Labute approximate surface area is 566 Å². The molecule has 4 aromatic rings. The molecule has 1 saturated heterocycles. The predicted molar refractivity (Wildman–Crippen MR) is 359 cm³/mol. The number of rotatable bonds is 12. The number of Topliss-reactive ketones (excluding diaryl/α,β-unsaturated/α-hetero) is 1. The molecule has 504 valence electrons. The van der Waals surface area contributed by atoms with Crippen LogP contribution in [0.15, 0.2) is 60.9 Å². The smallest absolute Gasteiger partial charge is 0.307 e. The summed E-state index contributed by atoms with van der Waals surface area (Å²) < 4.78 is 37.6. The summed E-state index contributed by atoms with van der Waals surface area (Å²) in [6.45, 7) is 20.1. The maximum atomic E-state index is 16.2. The van der Waals surface area contributed by atoms with Crippen LogP contribution in [0.1, 0.15) is 199 Å². The van der Waals surface area contributed by atoms with Crippen LogP contribution in [0, 0.1) is 57.0 Å². The summed E-state index contributed by atoms with van der Waals surface area (Å²) in [5.74, 6) is -5.79. The van der Waals surface area contributed by atoms with Gasteiger partial charge in [0.1, 0.15) is 11.9 Å². The minimum Gasteiger partial charge on any atom is -0.481 e. The van der Waals surface area contributed by atoms with Gasteiger partial charge in [0.2, 0.25) is 17.7 Å². The highest BCUT2D eigenvalue weighted by atomic mass is 35.5. The lowest BCUT2D eigenvalue weighted by Gasteiger charge is -2.51. The van der Waals surface area contributed by atoms with Crippen molar-refractivity contribution in [3.63, 3.8) is 0 Å². The van der Waals surface area contributed by atoms with E-state index in [1.807, 2.05) is 38.7 Å². The lowest BCUT2D eigenvalue weighted by atomic mass is 9.51. The molecule has 5 aliphatic carbocycles. The van der Waals surface area contributed by atoms with E-state index >= 15 is 8.78 Å². The van der Waals surface area contributed by atoms with Crippen LogP contribution in [0.25, 0.3) is 0 Å². The predicted octanol–water partition coefficient (Wildman–Crippen LogP) is 15.3. The number of aliphatic carboxylic acids is 1. The number of likely N-dealkylation sites (N-methyl/N-ethyl adjacent to an activating group) is 1. The van der Waals surface area contributed by atoms with Crippen molar-refractivity contribution in [1.82, 2.24) is 19.8 Å². The van der Waals surface area contributed by atoms with Crippen LogP contribution < -0.4 is 16.4 Å². The Morgan fingerprint density at radius 3 is 1.46 bits per heavy atom. The van der Waals surface area contributed by atoms with Gasteiger partial charge in [-0.3, -0.25) is 28.8 Å². The molecule has 21 heteroatoms. The monoisotopic (exact) mass is 1360 g/mol. The number of nitrogens with one attached hydrogen (secondary N) is 2. The van der Waals surface area contributed by atoms with Gasteiger partial charge in [0.25, 0.3) is 5.91 Å². The van der Waals surface area contributed by atoms with E-state index < -0.39 is 69.0 Å². The number of carbonyl (C=O) groups excluding carboxylic acids is 5. The topological polar surface area (TPSA) is 214 Å². The van der Waals surface area contributed by atoms with Crippen LogP contribution in [-0.2, 0) is 44.3 Å². The minimum absolute atomic E-state index is 0.00393. The lowest BCUT2D eigenvalue weighted by Crippen LogP contribution is -2.52. The number of halogens is 6. The Balaban J connectivity index is 0.000000174. The van der Waals surface area contributed by atoms with E-state index in [-0.39, 0.29) is 80.4 Å². The first-order valence-electron chi connectivity index (χ1n) is 33.6. The quantitative estimate of drug-likeness (QED) is 0.0979. The number of ketones is 1. The van der Waals surface area contributed by atoms with Crippen LogP contribution in [0.5, 0.6) is 0 Å². The number of hydrogen-bond acceptors (Lipinski definition) is 10. The molecule has 0 radical (unpaired) electrons. The molecular formula is C72H91Cl4F2N7O8. The van der Waals surface area contributed by atoms with Crippen molar-refractivity contribution in [2.45, 2.75) is 199 Å². The van der Waals surface area contributed by atoms with E-state index in [2.05, 4.69) is 48.3 Å². The van der Waals surface area contributed by atoms with Crippen molar-refractivity contribution in [3.05, 3.63) is 115 Å². The number of pyridine rings is 2. The molecular weight excluding hydrogens is 1270 g/mol. The van der Waals surface area contributed by atoms with Gasteiger partial charge in [-0.05, 0) is 217 Å². The van der Waals surface area contributed by atoms with Gasteiger partial charge in [-0.15, -0.1) is 0 Å². The number of fused-ring (bicyclic) bond motifs is 6. The fraction of sp³-hybridized carbons (Fsp3) is 0.611. The highest BCUT2D eigenvalue weighted by Gasteiger charge is 2.74. The summed E-state index contributed by atoms with van der Waals surface area (Å²) in [5, 5.41) is 16.8. The third-order valence-electron chi connectivity index (χ3n) is 23.3. The summed E-state index contributed by atoms with van der Waals surface area (Å²) in [7, 11) is 0. The van der Waals surface area contributed by atoms with E-state index in [0.717, 1.165) is 82.9 Å². The summed E-state index contributed by atoms with van der Waals surface area (Å²) in [4.78, 5) is 92.3. The second kappa shape index (κ2) is 27.7. The molecule has 4 amide bonds. The molecule has 4 spiro atoms. The summed E-state index contributed by atoms with van der Waals surface area (Å²) in [6, 6.07) is 14.0. The van der Waals surface area contributed by atoms with Crippen molar-refractivity contribution in [3.8, 4) is 0 Å². The number of amides is 4. The van der Waals surface area contributed by atoms with Crippen molar-refractivity contribution in [2.75, 3.05) is 43.4 Å². The SMILES string of the molecule is CC1(C)CCC2(CC1)C[C@@H](C(=O)O)[C@H](c1ccnc(Cl)c1F)C21C(=O)Nc2cc(Cl)ccc21.CCN(CC)C(=O)C1CCC(N)CC1.CCN(CC)C(=O)[C@@H]1CC[C@@H](CC(=O)[C@@H]2CC3(CCC(C)(C)CC3)[C@@]3(C(=O)Nc4cc(Cl)ccc43)[C@H]2c2ccnc(Cl)c2F)CO1. The zero-order valence-corrected chi connectivity index (χ0v) is 57.9. The number of aromatic nitrogens is 2. The van der Waals surface area contributed by atoms with Gasteiger partial charge < -0.3 is 36.0 Å². The minimum atomic E-state index is -1.25. The van der Waals surface area contributed by atoms with Gasteiger partial charge in [0.05, 0.1) is 23.4 Å².